The van der Waals surface area contributed by atoms with Gasteiger partial charge >= 0.3 is 0 Å². The SMILES string of the molecule is Cc1nnc(N(C)c2ccc(F)cc2)nc1Nc1ncoc1C. The van der Waals surface area contributed by atoms with E-state index in [-0.39, 0.29) is 5.82 Å². The number of rotatable bonds is 4. The summed E-state index contributed by atoms with van der Waals surface area (Å²) < 4.78 is 18.2. The molecule has 1 N–H and O–H groups in total. The Morgan fingerprint density at radius 3 is 2.48 bits per heavy atom. The van der Waals surface area contributed by atoms with Gasteiger partial charge in [-0.2, -0.15) is 9.97 Å². The number of oxazole rings is 1. The zero-order valence-electron chi connectivity index (χ0n) is 12.9. The van der Waals surface area contributed by atoms with Gasteiger partial charge in [0.1, 0.15) is 17.3 Å². The Labute approximate surface area is 132 Å². The van der Waals surface area contributed by atoms with Gasteiger partial charge in [0.25, 0.3) is 5.95 Å². The third-order valence-corrected chi connectivity index (χ3v) is 3.34. The Morgan fingerprint density at radius 1 is 1.09 bits per heavy atom. The number of hydrogen-bond acceptors (Lipinski definition) is 7. The van der Waals surface area contributed by atoms with E-state index in [1.54, 1.807) is 37.9 Å². The summed E-state index contributed by atoms with van der Waals surface area (Å²) in [6.07, 6.45) is 1.35. The van der Waals surface area contributed by atoms with Crippen molar-refractivity contribution >= 4 is 23.3 Å². The maximum absolute atomic E-state index is 13.0. The molecule has 0 fully saturated rings. The average molecular weight is 314 g/mol. The van der Waals surface area contributed by atoms with Gasteiger partial charge in [0, 0.05) is 12.7 Å². The molecular weight excluding hydrogens is 299 g/mol. The van der Waals surface area contributed by atoms with Crippen LogP contribution in [0.15, 0.2) is 35.1 Å². The molecule has 3 rings (SSSR count). The predicted octanol–water partition coefficient (Wildman–Crippen LogP) is 3.13. The molecule has 1 aromatic carbocycles. The molecule has 23 heavy (non-hydrogen) atoms. The Kier molecular flexibility index (Phi) is 3.88. The van der Waals surface area contributed by atoms with E-state index in [4.69, 9.17) is 4.42 Å². The van der Waals surface area contributed by atoms with Gasteiger partial charge in [-0.3, -0.25) is 0 Å². The van der Waals surface area contributed by atoms with E-state index in [1.807, 2.05) is 0 Å². The summed E-state index contributed by atoms with van der Waals surface area (Å²) in [5.74, 6) is 1.83. The molecule has 2 aromatic heterocycles. The molecule has 0 aliphatic rings. The van der Waals surface area contributed by atoms with Crippen molar-refractivity contribution in [3.05, 3.63) is 47.9 Å². The number of anilines is 4. The van der Waals surface area contributed by atoms with Crippen LogP contribution in [-0.2, 0) is 0 Å². The van der Waals surface area contributed by atoms with Crippen LogP contribution >= 0.6 is 0 Å². The van der Waals surface area contributed by atoms with Crippen LogP contribution in [0.2, 0.25) is 0 Å². The van der Waals surface area contributed by atoms with E-state index in [0.29, 0.717) is 29.0 Å². The van der Waals surface area contributed by atoms with Gasteiger partial charge in [-0.05, 0) is 38.1 Å². The van der Waals surface area contributed by atoms with E-state index in [2.05, 4.69) is 25.5 Å². The van der Waals surface area contributed by atoms with Crippen LogP contribution in [0.1, 0.15) is 11.5 Å². The standard InChI is InChI=1S/C15H15FN6O/c1-9-13(18-14-10(2)23-8-17-14)19-15(21-20-9)22(3)12-6-4-11(16)5-7-12/h4-8H,1-3H3,(H,18,19,21). The minimum absolute atomic E-state index is 0.297. The summed E-state index contributed by atoms with van der Waals surface area (Å²) in [5.41, 5.74) is 1.38. The fourth-order valence-corrected chi connectivity index (χ4v) is 1.95. The van der Waals surface area contributed by atoms with Crippen LogP contribution in [0.25, 0.3) is 0 Å². The highest BCUT2D eigenvalue weighted by molar-refractivity contribution is 5.60. The monoisotopic (exact) mass is 314 g/mol. The summed E-state index contributed by atoms with van der Waals surface area (Å²) >= 11 is 0. The average Bonchev–Trinajstić information content (AvgIpc) is 2.95. The highest BCUT2D eigenvalue weighted by Crippen LogP contribution is 2.23. The van der Waals surface area contributed by atoms with Crippen LogP contribution < -0.4 is 10.2 Å². The molecule has 0 bridgehead atoms. The molecule has 8 heteroatoms. The number of nitrogens with zero attached hydrogens (tertiary/aromatic N) is 5. The first kappa shape index (κ1) is 14.9. The zero-order valence-corrected chi connectivity index (χ0v) is 12.9. The summed E-state index contributed by atoms with van der Waals surface area (Å²) in [6, 6.07) is 6.05. The molecule has 0 spiro atoms. The second-order valence-corrected chi connectivity index (χ2v) is 4.96. The molecule has 0 saturated heterocycles. The summed E-state index contributed by atoms with van der Waals surface area (Å²) in [7, 11) is 1.78. The molecular formula is C15H15FN6O. The molecule has 0 amide bonds. The van der Waals surface area contributed by atoms with Crippen molar-refractivity contribution in [1.29, 1.82) is 0 Å². The van der Waals surface area contributed by atoms with Gasteiger partial charge in [0.05, 0.1) is 0 Å². The fraction of sp³-hybridized carbons (Fsp3) is 0.200. The van der Waals surface area contributed by atoms with Crippen molar-refractivity contribution in [3.8, 4) is 0 Å². The fourth-order valence-electron chi connectivity index (χ4n) is 1.95. The van der Waals surface area contributed by atoms with E-state index in [9.17, 15) is 4.39 Å². The van der Waals surface area contributed by atoms with Crippen molar-refractivity contribution in [2.75, 3.05) is 17.3 Å². The molecule has 0 aliphatic carbocycles. The van der Waals surface area contributed by atoms with Gasteiger partial charge in [0.2, 0.25) is 0 Å². The summed E-state index contributed by atoms with van der Waals surface area (Å²) in [5, 5.41) is 11.3. The lowest BCUT2D eigenvalue weighted by Crippen LogP contribution is -2.15. The lowest BCUT2D eigenvalue weighted by molar-refractivity contribution is 0.527. The lowest BCUT2D eigenvalue weighted by atomic mass is 10.3. The Morgan fingerprint density at radius 2 is 1.83 bits per heavy atom. The lowest BCUT2D eigenvalue weighted by Gasteiger charge is -2.17. The maximum Gasteiger partial charge on any atom is 0.251 e. The van der Waals surface area contributed by atoms with Crippen molar-refractivity contribution in [2.45, 2.75) is 13.8 Å². The van der Waals surface area contributed by atoms with Crippen LogP contribution in [0.3, 0.4) is 0 Å². The molecule has 118 valence electrons. The van der Waals surface area contributed by atoms with Gasteiger partial charge in [-0.1, -0.05) is 0 Å². The highest BCUT2D eigenvalue weighted by atomic mass is 19.1. The summed E-state index contributed by atoms with van der Waals surface area (Å²) in [4.78, 5) is 10.2. The highest BCUT2D eigenvalue weighted by Gasteiger charge is 2.13. The minimum atomic E-state index is -0.297. The first-order chi connectivity index (χ1) is 11.0. The molecule has 0 unspecified atom stereocenters. The first-order valence-electron chi connectivity index (χ1n) is 6.92. The molecule has 3 aromatic rings. The van der Waals surface area contributed by atoms with E-state index < -0.39 is 0 Å². The predicted molar refractivity (Wildman–Crippen MR) is 83.5 cm³/mol. The summed E-state index contributed by atoms with van der Waals surface area (Å²) in [6.45, 7) is 3.59. The Hall–Kier alpha value is -3.03. The molecule has 0 aliphatic heterocycles. The number of halogens is 1. The van der Waals surface area contributed by atoms with E-state index in [0.717, 1.165) is 5.69 Å². The van der Waals surface area contributed by atoms with Crippen molar-refractivity contribution in [2.24, 2.45) is 0 Å². The van der Waals surface area contributed by atoms with Crippen LogP contribution in [-0.4, -0.2) is 27.2 Å². The molecule has 7 nitrogen and oxygen atoms in total. The molecule has 0 radical (unpaired) electrons. The van der Waals surface area contributed by atoms with Crippen molar-refractivity contribution in [1.82, 2.24) is 20.2 Å². The largest absolute Gasteiger partial charge is 0.446 e. The second-order valence-electron chi connectivity index (χ2n) is 4.96. The Balaban J connectivity index is 1.90. The second kappa shape index (κ2) is 5.99. The van der Waals surface area contributed by atoms with Crippen LogP contribution in [0.4, 0.5) is 27.7 Å². The third-order valence-electron chi connectivity index (χ3n) is 3.34. The topological polar surface area (TPSA) is 80.0 Å². The zero-order chi connectivity index (χ0) is 16.4. The van der Waals surface area contributed by atoms with E-state index in [1.165, 1.54) is 18.5 Å². The number of hydrogen-bond donors (Lipinski definition) is 1. The normalized spacial score (nSPS) is 10.6. The Bertz CT molecular complexity index is 817. The third kappa shape index (κ3) is 3.10. The van der Waals surface area contributed by atoms with Crippen LogP contribution in [0.5, 0.6) is 0 Å². The van der Waals surface area contributed by atoms with Crippen LogP contribution in [0, 0.1) is 19.7 Å². The number of aryl methyl sites for hydroxylation is 2. The minimum Gasteiger partial charge on any atom is -0.446 e. The molecule has 0 saturated carbocycles. The first-order valence-corrected chi connectivity index (χ1v) is 6.92. The van der Waals surface area contributed by atoms with Gasteiger partial charge < -0.3 is 14.6 Å². The van der Waals surface area contributed by atoms with Gasteiger partial charge in [-0.25, -0.2) is 4.39 Å². The number of nitrogens with one attached hydrogen (secondary N) is 1. The van der Waals surface area contributed by atoms with Crippen molar-refractivity contribution in [3.63, 3.8) is 0 Å². The smallest absolute Gasteiger partial charge is 0.251 e. The molecule has 2 heterocycles. The maximum atomic E-state index is 13.0. The van der Waals surface area contributed by atoms with E-state index >= 15 is 0 Å². The van der Waals surface area contributed by atoms with Gasteiger partial charge in [-0.15, -0.1) is 10.2 Å². The molecule has 0 atom stereocenters. The van der Waals surface area contributed by atoms with Gasteiger partial charge in [0.15, 0.2) is 18.0 Å². The quantitative estimate of drug-likeness (QED) is 0.792. The van der Waals surface area contributed by atoms with Crippen molar-refractivity contribution < 1.29 is 8.81 Å². The number of benzene rings is 1. The number of aromatic nitrogens is 4.